The van der Waals surface area contributed by atoms with Crippen LogP contribution in [-0.4, -0.2) is 17.8 Å². The molecule has 1 aromatic carbocycles. The van der Waals surface area contributed by atoms with E-state index in [9.17, 15) is 0 Å². The highest BCUT2D eigenvalue weighted by atomic mass is 35.5. The molecule has 0 radical (unpaired) electrons. The fourth-order valence-corrected chi connectivity index (χ4v) is 1.83. The SMILES string of the molecule is C[C@@H](O)CCNCc1cc(Cl)cc(Cl)c1. The molecule has 1 rings (SSSR count). The highest BCUT2D eigenvalue weighted by molar-refractivity contribution is 6.34. The Kier molecular flexibility index (Phi) is 5.40. The standard InChI is InChI=1S/C11H15Cl2NO/c1-8(15)2-3-14-7-9-4-10(12)6-11(13)5-9/h4-6,8,14-15H,2-3,7H2,1H3/t8-/m1/s1. The van der Waals surface area contributed by atoms with Crippen LogP contribution in [0.1, 0.15) is 18.9 Å². The van der Waals surface area contributed by atoms with Crippen LogP contribution in [0, 0.1) is 0 Å². The van der Waals surface area contributed by atoms with E-state index in [1.165, 1.54) is 0 Å². The van der Waals surface area contributed by atoms with Gasteiger partial charge in [0.2, 0.25) is 0 Å². The van der Waals surface area contributed by atoms with Crippen molar-refractivity contribution in [2.45, 2.75) is 26.0 Å². The van der Waals surface area contributed by atoms with Gasteiger partial charge < -0.3 is 10.4 Å². The summed E-state index contributed by atoms with van der Waals surface area (Å²) in [5, 5.41) is 13.6. The molecule has 0 fully saturated rings. The Morgan fingerprint density at radius 2 is 1.87 bits per heavy atom. The zero-order chi connectivity index (χ0) is 11.3. The van der Waals surface area contributed by atoms with Crippen molar-refractivity contribution >= 4 is 23.2 Å². The minimum atomic E-state index is -0.263. The van der Waals surface area contributed by atoms with Crippen molar-refractivity contribution in [2.75, 3.05) is 6.54 Å². The van der Waals surface area contributed by atoms with E-state index in [4.69, 9.17) is 28.3 Å². The largest absolute Gasteiger partial charge is 0.393 e. The van der Waals surface area contributed by atoms with Gasteiger partial charge in [-0.15, -0.1) is 0 Å². The smallest absolute Gasteiger partial charge is 0.0524 e. The molecule has 0 saturated heterocycles. The molecule has 0 amide bonds. The average Bonchev–Trinajstić information content (AvgIpc) is 2.10. The second-order valence-corrected chi connectivity index (χ2v) is 4.47. The molecular weight excluding hydrogens is 233 g/mol. The molecule has 84 valence electrons. The van der Waals surface area contributed by atoms with Crippen molar-refractivity contribution in [3.63, 3.8) is 0 Å². The van der Waals surface area contributed by atoms with E-state index < -0.39 is 0 Å². The Morgan fingerprint density at radius 3 is 2.40 bits per heavy atom. The third kappa shape index (κ3) is 5.38. The molecule has 1 atom stereocenters. The molecule has 0 aliphatic heterocycles. The first-order valence-electron chi connectivity index (χ1n) is 4.91. The highest BCUT2D eigenvalue weighted by Crippen LogP contribution is 2.18. The van der Waals surface area contributed by atoms with Crippen LogP contribution in [-0.2, 0) is 6.54 Å². The molecule has 0 aliphatic carbocycles. The van der Waals surface area contributed by atoms with Gasteiger partial charge in [-0.3, -0.25) is 0 Å². The lowest BCUT2D eigenvalue weighted by atomic mass is 10.2. The quantitative estimate of drug-likeness (QED) is 0.785. The van der Waals surface area contributed by atoms with Gasteiger partial charge in [0.25, 0.3) is 0 Å². The first-order chi connectivity index (χ1) is 7.08. The van der Waals surface area contributed by atoms with Gasteiger partial charge in [-0.25, -0.2) is 0 Å². The van der Waals surface area contributed by atoms with Crippen molar-refractivity contribution in [1.82, 2.24) is 5.32 Å². The summed E-state index contributed by atoms with van der Waals surface area (Å²) in [5.41, 5.74) is 1.05. The van der Waals surface area contributed by atoms with E-state index in [1.54, 1.807) is 13.0 Å². The lowest BCUT2D eigenvalue weighted by Gasteiger charge is -2.07. The molecule has 0 unspecified atom stereocenters. The lowest BCUT2D eigenvalue weighted by Crippen LogP contribution is -2.18. The van der Waals surface area contributed by atoms with Crippen molar-refractivity contribution in [2.24, 2.45) is 0 Å². The normalized spacial score (nSPS) is 12.8. The van der Waals surface area contributed by atoms with E-state index in [0.717, 1.165) is 18.5 Å². The fourth-order valence-electron chi connectivity index (χ4n) is 1.26. The molecule has 15 heavy (non-hydrogen) atoms. The third-order valence-corrected chi connectivity index (χ3v) is 2.43. The van der Waals surface area contributed by atoms with Crippen LogP contribution in [0.25, 0.3) is 0 Å². The summed E-state index contributed by atoms with van der Waals surface area (Å²) < 4.78 is 0. The van der Waals surface area contributed by atoms with Gasteiger partial charge in [0.1, 0.15) is 0 Å². The summed E-state index contributed by atoms with van der Waals surface area (Å²) >= 11 is 11.7. The zero-order valence-corrected chi connectivity index (χ0v) is 10.1. The van der Waals surface area contributed by atoms with Crippen LogP contribution in [0.4, 0.5) is 0 Å². The van der Waals surface area contributed by atoms with Crippen LogP contribution in [0.2, 0.25) is 10.0 Å². The van der Waals surface area contributed by atoms with Crippen molar-refractivity contribution in [1.29, 1.82) is 0 Å². The van der Waals surface area contributed by atoms with Crippen LogP contribution < -0.4 is 5.32 Å². The number of nitrogens with one attached hydrogen (secondary N) is 1. The number of halogens is 2. The van der Waals surface area contributed by atoms with E-state index in [1.807, 2.05) is 12.1 Å². The van der Waals surface area contributed by atoms with Gasteiger partial charge in [0.15, 0.2) is 0 Å². The lowest BCUT2D eigenvalue weighted by molar-refractivity contribution is 0.183. The molecule has 0 aromatic heterocycles. The minimum absolute atomic E-state index is 0.263. The van der Waals surface area contributed by atoms with Gasteiger partial charge in [0.05, 0.1) is 6.10 Å². The van der Waals surface area contributed by atoms with Crippen molar-refractivity contribution in [3.8, 4) is 0 Å². The number of aliphatic hydroxyl groups excluding tert-OH is 1. The molecular formula is C11H15Cl2NO. The summed E-state index contributed by atoms with van der Waals surface area (Å²) in [5.74, 6) is 0. The first-order valence-corrected chi connectivity index (χ1v) is 5.67. The number of hydrogen-bond donors (Lipinski definition) is 2. The fraction of sp³-hybridized carbons (Fsp3) is 0.455. The maximum absolute atomic E-state index is 9.06. The Bertz CT molecular complexity index is 295. The monoisotopic (exact) mass is 247 g/mol. The molecule has 0 saturated carbocycles. The maximum Gasteiger partial charge on any atom is 0.0524 e. The average molecular weight is 248 g/mol. The summed E-state index contributed by atoms with van der Waals surface area (Å²) in [7, 11) is 0. The molecule has 2 N–H and O–H groups in total. The Hall–Kier alpha value is -0.280. The molecule has 2 nitrogen and oxygen atoms in total. The Balaban J connectivity index is 2.37. The number of aliphatic hydroxyl groups is 1. The van der Waals surface area contributed by atoms with Crippen LogP contribution >= 0.6 is 23.2 Å². The van der Waals surface area contributed by atoms with Gasteiger partial charge >= 0.3 is 0 Å². The minimum Gasteiger partial charge on any atom is -0.393 e. The van der Waals surface area contributed by atoms with Gasteiger partial charge in [-0.05, 0) is 43.7 Å². The second-order valence-electron chi connectivity index (χ2n) is 3.59. The first kappa shape index (κ1) is 12.8. The summed E-state index contributed by atoms with van der Waals surface area (Å²) in [6.07, 6.45) is 0.481. The molecule has 1 aromatic rings. The topological polar surface area (TPSA) is 32.3 Å². The Morgan fingerprint density at radius 1 is 1.27 bits per heavy atom. The summed E-state index contributed by atoms with van der Waals surface area (Å²) in [6.45, 7) is 3.27. The number of rotatable bonds is 5. The molecule has 0 spiro atoms. The van der Waals surface area contributed by atoms with Gasteiger partial charge in [-0.1, -0.05) is 23.2 Å². The van der Waals surface area contributed by atoms with E-state index in [2.05, 4.69) is 5.32 Å². The van der Waals surface area contributed by atoms with E-state index in [0.29, 0.717) is 16.6 Å². The maximum atomic E-state index is 9.06. The van der Waals surface area contributed by atoms with Gasteiger partial charge in [-0.2, -0.15) is 0 Å². The molecule has 0 bridgehead atoms. The zero-order valence-electron chi connectivity index (χ0n) is 8.63. The van der Waals surface area contributed by atoms with Crippen LogP contribution in [0.3, 0.4) is 0 Å². The number of hydrogen-bond acceptors (Lipinski definition) is 2. The summed E-state index contributed by atoms with van der Waals surface area (Å²) in [4.78, 5) is 0. The predicted molar refractivity (Wildman–Crippen MR) is 64.5 cm³/mol. The third-order valence-electron chi connectivity index (χ3n) is 1.99. The van der Waals surface area contributed by atoms with Crippen molar-refractivity contribution < 1.29 is 5.11 Å². The van der Waals surface area contributed by atoms with Crippen LogP contribution in [0.15, 0.2) is 18.2 Å². The summed E-state index contributed by atoms with van der Waals surface area (Å²) in [6, 6.07) is 5.47. The number of benzene rings is 1. The van der Waals surface area contributed by atoms with Crippen molar-refractivity contribution in [3.05, 3.63) is 33.8 Å². The second kappa shape index (κ2) is 6.33. The Labute approximate surface area is 100 Å². The highest BCUT2D eigenvalue weighted by Gasteiger charge is 1.99. The predicted octanol–water partition coefficient (Wildman–Crippen LogP) is 2.85. The molecule has 4 heteroatoms. The molecule has 0 aliphatic rings. The van der Waals surface area contributed by atoms with E-state index in [-0.39, 0.29) is 6.10 Å². The van der Waals surface area contributed by atoms with Gasteiger partial charge in [0, 0.05) is 16.6 Å². The van der Waals surface area contributed by atoms with Crippen LogP contribution in [0.5, 0.6) is 0 Å². The van der Waals surface area contributed by atoms with E-state index >= 15 is 0 Å². The molecule has 0 heterocycles.